The zero-order valence-corrected chi connectivity index (χ0v) is 17.9. The third-order valence-corrected chi connectivity index (χ3v) is 7.31. The van der Waals surface area contributed by atoms with E-state index in [0.717, 1.165) is 29.7 Å². The molecule has 6 N–H and O–H groups in total. The number of Topliss-reactive ketones (excluding diaryl/α,β-unsaturated/α-hetero) is 2. The second-order valence-electron chi connectivity index (χ2n) is 9.00. The molecule has 4 aliphatic rings. The molecule has 0 aromatic heterocycles. The maximum absolute atomic E-state index is 13.6. The molecule has 0 spiro atoms. The van der Waals surface area contributed by atoms with E-state index in [4.69, 9.17) is 5.73 Å². The standard InChI is InChI=1S/C25H24N2O6/c1-10-14-8-12-9-15-13(11-4-6-27-7-5-11)2-3-16(28)18(15)22(30)17(12)23(31)19(14)24(32)20(21(10)29)25(26)33/h2-4,12,14,19,27-29,31H,1,5-9H2,(H2,26,33). The zero-order valence-electron chi connectivity index (χ0n) is 17.9. The summed E-state index contributed by atoms with van der Waals surface area (Å²) in [4.78, 5) is 38.3. The summed E-state index contributed by atoms with van der Waals surface area (Å²) in [6.45, 7) is 5.37. The highest BCUT2D eigenvalue weighted by Gasteiger charge is 2.51. The molecule has 170 valence electrons. The number of phenolic OH excluding ortho intramolecular Hbond substituents is 1. The average Bonchev–Trinajstić information content (AvgIpc) is 2.77. The van der Waals surface area contributed by atoms with Crippen LogP contribution in [0.15, 0.2) is 53.0 Å². The summed E-state index contributed by atoms with van der Waals surface area (Å²) in [5.41, 5.74) is 7.73. The van der Waals surface area contributed by atoms with Gasteiger partial charge in [-0.15, -0.1) is 0 Å². The van der Waals surface area contributed by atoms with Crippen molar-refractivity contribution in [1.82, 2.24) is 5.32 Å². The number of carbonyl (C=O) groups excluding carboxylic acids is 3. The molecule has 8 heteroatoms. The Bertz CT molecular complexity index is 1250. The van der Waals surface area contributed by atoms with Crippen LogP contribution in [-0.2, 0) is 16.0 Å². The van der Waals surface area contributed by atoms with Crippen LogP contribution in [0.25, 0.3) is 5.57 Å². The number of benzene rings is 1. The Morgan fingerprint density at radius 3 is 2.61 bits per heavy atom. The summed E-state index contributed by atoms with van der Waals surface area (Å²) in [6.07, 6.45) is 3.52. The largest absolute Gasteiger partial charge is 0.511 e. The van der Waals surface area contributed by atoms with E-state index < -0.39 is 52.3 Å². The molecule has 0 saturated heterocycles. The second kappa shape index (κ2) is 7.45. The summed E-state index contributed by atoms with van der Waals surface area (Å²) < 4.78 is 0. The number of fused-ring (bicyclic) bond motifs is 3. The molecule has 5 rings (SSSR count). The highest BCUT2D eigenvalue weighted by Crippen LogP contribution is 2.51. The van der Waals surface area contributed by atoms with Gasteiger partial charge in [0, 0.05) is 18.0 Å². The number of ketones is 2. The van der Waals surface area contributed by atoms with E-state index in [2.05, 4.69) is 18.0 Å². The maximum Gasteiger partial charge on any atom is 0.256 e. The molecule has 0 bridgehead atoms. The first kappa shape index (κ1) is 21.2. The van der Waals surface area contributed by atoms with Crippen LogP contribution in [0.5, 0.6) is 5.75 Å². The predicted octanol–water partition coefficient (Wildman–Crippen LogP) is 2.01. The second-order valence-corrected chi connectivity index (χ2v) is 9.00. The number of aliphatic hydroxyl groups is 2. The minimum atomic E-state index is -1.22. The van der Waals surface area contributed by atoms with Crippen LogP contribution in [0, 0.1) is 17.8 Å². The lowest BCUT2D eigenvalue weighted by Gasteiger charge is -2.42. The number of nitrogens with two attached hydrogens (primary N) is 1. The molecule has 33 heavy (non-hydrogen) atoms. The van der Waals surface area contributed by atoms with Gasteiger partial charge in [0.2, 0.25) is 0 Å². The molecule has 0 fully saturated rings. The van der Waals surface area contributed by atoms with Gasteiger partial charge in [0.05, 0.1) is 11.5 Å². The highest BCUT2D eigenvalue weighted by molar-refractivity contribution is 6.22. The van der Waals surface area contributed by atoms with Gasteiger partial charge in [-0.05, 0) is 60.1 Å². The first-order valence-corrected chi connectivity index (χ1v) is 10.9. The number of rotatable bonds is 2. The van der Waals surface area contributed by atoms with Crippen molar-refractivity contribution in [2.45, 2.75) is 19.3 Å². The van der Waals surface area contributed by atoms with Crippen molar-refractivity contribution in [3.05, 3.63) is 69.7 Å². The lowest BCUT2D eigenvalue weighted by atomic mass is 9.61. The van der Waals surface area contributed by atoms with Crippen molar-refractivity contribution in [2.75, 3.05) is 13.1 Å². The van der Waals surface area contributed by atoms with E-state index >= 15 is 0 Å². The number of primary amides is 1. The number of amides is 1. The lowest BCUT2D eigenvalue weighted by Crippen LogP contribution is -2.44. The number of aliphatic hydroxyl groups excluding tert-OH is 2. The molecule has 1 aliphatic heterocycles. The van der Waals surface area contributed by atoms with E-state index in [1.165, 1.54) is 6.07 Å². The molecule has 1 aromatic carbocycles. The van der Waals surface area contributed by atoms with Crippen molar-refractivity contribution >= 4 is 23.0 Å². The number of allylic oxidation sites excluding steroid dienone is 3. The number of phenols is 1. The summed E-state index contributed by atoms with van der Waals surface area (Å²) >= 11 is 0. The van der Waals surface area contributed by atoms with Crippen LogP contribution >= 0.6 is 0 Å². The smallest absolute Gasteiger partial charge is 0.256 e. The molecule has 8 nitrogen and oxygen atoms in total. The maximum atomic E-state index is 13.6. The molecule has 0 saturated carbocycles. The zero-order chi connectivity index (χ0) is 23.6. The van der Waals surface area contributed by atoms with Crippen LogP contribution in [0.4, 0.5) is 0 Å². The Kier molecular flexibility index (Phi) is 4.79. The van der Waals surface area contributed by atoms with Gasteiger partial charge >= 0.3 is 0 Å². The van der Waals surface area contributed by atoms with Crippen molar-refractivity contribution in [1.29, 1.82) is 0 Å². The van der Waals surface area contributed by atoms with Gasteiger partial charge in [0.25, 0.3) is 5.91 Å². The Balaban J connectivity index is 1.66. The topological polar surface area (TPSA) is 150 Å². The van der Waals surface area contributed by atoms with E-state index in [9.17, 15) is 29.7 Å². The Hall–Kier alpha value is -3.65. The quantitative estimate of drug-likeness (QED) is 0.434. The summed E-state index contributed by atoms with van der Waals surface area (Å²) in [6, 6.07) is 3.30. The lowest BCUT2D eigenvalue weighted by molar-refractivity contribution is -0.125. The highest BCUT2D eigenvalue weighted by atomic mass is 16.3. The summed E-state index contributed by atoms with van der Waals surface area (Å²) in [7, 11) is 0. The first-order chi connectivity index (χ1) is 15.7. The minimum Gasteiger partial charge on any atom is -0.511 e. The van der Waals surface area contributed by atoms with Crippen LogP contribution < -0.4 is 11.1 Å². The van der Waals surface area contributed by atoms with E-state index in [1.807, 2.05) is 6.07 Å². The Morgan fingerprint density at radius 1 is 1.18 bits per heavy atom. The van der Waals surface area contributed by atoms with Crippen molar-refractivity contribution in [3.8, 4) is 5.75 Å². The average molecular weight is 448 g/mol. The van der Waals surface area contributed by atoms with Gasteiger partial charge in [0.1, 0.15) is 22.8 Å². The fourth-order valence-electron chi connectivity index (χ4n) is 5.76. The number of carbonyl (C=O) groups is 3. The number of hydrogen-bond donors (Lipinski definition) is 5. The molecule has 3 unspecified atom stereocenters. The normalized spacial score (nSPS) is 27.1. The van der Waals surface area contributed by atoms with Crippen LogP contribution in [-0.4, -0.2) is 45.9 Å². The summed E-state index contributed by atoms with van der Waals surface area (Å²) in [5, 5.41) is 35.3. The first-order valence-electron chi connectivity index (χ1n) is 10.9. The number of aromatic hydroxyl groups is 1. The van der Waals surface area contributed by atoms with Crippen molar-refractivity contribution in [3.63, 3.8) is 0 Å². The van der Waals surface area contributed by atoms with Gasteiger partial charge in [0.15, 0.2) is 11.6 Å². The van der Waals surface area contributed by atoms with E-state index in [-0.39, 0.29) is 28.9 Å². The van der Waals surface area contributed by atoms with Gasteiger partial charge in [-0.3, -0.25) is 14.4 Å². The van der Waals surface area contributed by atoms with Crippen LogP contribution in [0.1, 0.15) is 34.3 Å². The predicted molar refractivity (Wildman–Crippen MR) is 119 cm³/mol. The Labute approximate surface area is 189 Å². The number of hydrogen-bond acceptors (Lipinski definition) is 7. The molecule has 1 amide bonds. The molecule has 1 aromatic rings. The molecule has 1 heterocycles. The molecule has 0 radical (unpaired) electrons. The van der Waals surface area contributed by atoms with Crippen molar-refractivity contribution in [2.24, 2.45) is 23.5 Å². The fraction of sp³-hybridized carbons (Fsp3) is 0.320. The molecule has 3 atom stereocenters. The van der Waals surface area contributed by atoms with E-state index in [0.29, 0.717) is 13.0 Å². The van der Waals surface area contributed by atoms with Gasteiger partial charge < -0.3 is 26.4 Å². The Morgan fingerprint density at radius 2 is 1.94 bits per heavy atom. The molecular weight excluding hydrogens is 424 g/mol. The summed E-state index contributed by atoms with van der Waals surface area (Å²) in [5.74, 6) is -5.94. The third kappa shape index (κ3) is 2.97. The van der Waals surface area contributed by atoms with Crippen molar-refractivity contribution < 1.29 is 29.7 Å². The number of nitrogens with one attached hydrogen (secondary N) is 1. The fourth-order valence-corrected chi connectivity index (χ4v) is 5.76. The van der Waals surface area contributed by atoms with Gasteiger partial charge in [-0.25, -0.2) is 0 Å². The van der Waals surface area contributed by atoms with Gasteiger partial charge in [-0.2, -0.15) is 0 Å². The van der Waals surface area contributed by atoms with Crippen LogP contribution in [0.2, 0.25) is 0 Å². The van der Waals surface area contributed by atoms with E-state index in [1.54, 1.807) is 0 Å². The van der Waals surface area contributed by atoms with Gasteiger partial charge in [-0.1, -0.05) is 18.7 Å². The third-order valence-electron chi connectivity index (χ3n) is 7.31. The SMILES string of the molecule is C=C1C(O)=C(C(N)=O)C(=O)C2C(O)=C3C(=O)c4c(O)ccc(C5=CCNCC5)c4CC3CC12. The monoisotopic (exact) mass is 448 g/mol. The minimum absolute atomic E-state index is 0.0712. The molecule has 3 aliphatic carbocycles. The molecular formula is C25H24N2O6. The van der Waals surface area contributed by atoms with Crippen LogP contribution in [0.3, 0.4) is 0 Å².